The number of urea groups is 1. The van der Waals surface area contributed by atoms with Crippen molar-refractivity contribution in [2.24, 2.45) is 0 Å². The molecule has 4 nitrogen and oxygen atoms in total. The summed E-state index contributed by atoms with van der Waals surface area (Å²) in [6.45, 7) is 3.94. The van der Waals surface area contributed by atoms with E-state index in [0.717, 1.165) is 16.6 Å². The molecule has 2 N–H and O–H groups in total. The van der Waals surface area contributed by atoms with Crippen molar-refractivity contribution in [3.8, 4) is 0 Å². The van der Waals surface area contributed by atoms with Crippen LogP contribution in [0.2, 0.25) is 0 Å². The third-order valence-corrected chi connectivity index (χ3v) is 2.77. The molecule has 0 atom stereocenters. The molecule has 2 amide bonds. The number of anilines is 1. The first-order chi connectivity index (χ1) is 8.24. The van der Waals surface area contributed by atoms with Crippen molar-refractivity contribution in [2.75, 3.05) is 25.1 Å². The fraction of sp³-hybridized carbons (Fsp3) is 0.417. The van der Waals surface area contributed by atoms with Gasteiger partial charge < -0.3 is 15.4 Å². The average Bonchev–Trinajstić information content (AvgIpc) is 2.32. The Morgan fingerprint density at radius 2 is 2.18 bits per heavy atom. The molecule has 0 aliphatic heterocycles. The normalized spacial score (nSPS) is 10.0. The van der Waals surface area contributed by atoms with Gasteiger partial charge in [-0.3, -0.25) is 0 Å². The van der Waals surface area contributed by atoms with Crippen molar-refractivity contribution in [3.05, 3.63) is 28.7 Å². The molecule has 0 bridgehead atoms. The van der Waals surface area contributed by atoms with E-state index in [1.54, 1.807) is 0 Å². The largest absolute Gasteiger partial charge is 0.382 e. The van der Waals surface area contributed by atoms with Gasteiger partial charge in [0.1, 0.15) is 0 Å². The first kappa shape index (κ1) is 14.0. The van der Waals surface area contributed by atoms with E-state index in [1.165, 1.54) is 0 Å². The number of ether oxygens (including phenoxy) is 1. The van der Waals surface area contributed by atoms with E-state index in [4.69, 9.17) is 4.74 Å². The quantitative estimate of drug-likeness (QED) is 0.794. The molecule has 1 aromatic rings. The first-order valence-corrected chi connectivity index (χ1v) is 6.40. The standard InChI is InChI=1S/C12H17BrN2O2/c1-2-17-9-5-8-14-12(16)15-11-7-4-3-6-10(11)13/h3-4,6-7H,2,5,8-9H2,1H3,(H2,14,15,16). The van der Waals surface area contributed by atoms with Crippen molar-refractivity contribution in [1.29, 1.82) is 0 Å². The van der Waals surface area contributed by atoms with Crippen molar-refractivity contribution in [3.63, 3.8) is 0 Å². The van der Waals surface area contributed by atoms with Gasteiger partial charge in [-0.15, -0.1) is 0 Å². The van der Waals surface area contributed by atoms with Gasteiger partial charge >= 0.3 is 6.03 Å². The van der Waals surface area contributed by atoms with Crippen LogP contribution in [0.15, 0.2) is 28.7 Å². The maximum absolute atomic E-state index is 11.5. The molecular weight excluding hydrogens is 284 g/mol. The predicted molar refractivity (Wildman–Crippen MR) is 72.3 cm³/mol. The summed E-state index contributed by atoms with van der Waals surface area (Å²) in [5.74, 6) is 0. The van der Waals surface area contributed by atoms with Gasteiger partial charge in [-0.25, -0.2) is 4.79 Å². The minimum atomic E-state index is -0.201. The summed E-state index contributed by atoms with van der Waals surface area (Å²) in [5, 5.41) is 5.53. The van der Waals surface area contributed by atoms with Gasteiger partial charge in [-0.2, -0.15) is 0 Å². The predicted octanol–water partition coefficient (Wildman–Crippen LogP) is 3.00. The van der Waals surface area contributed by atoms with Gasteiger partial charge in [0.2, 0.25) is 0 Å². The van der Waals surface area contributed by atoms with Gasteiger partial charge in [0, 0.05) is 24.2 Å². The van der Waals surface area contributed by atoms with Crippen LogP contribution in [0.3, 0.4) is 0 Å². The van der Waals surface area contributed by atoms with E-state index in [-0.39, 0.29) is 6.03 Å². The van der Waals surface area contributed by atoms with Crippen LogP contribution in [0.5, 0.6) is 0 Å². The van der Waals surface area contributed by atoms with Gasteiger partial charge in [0.25, 0.3) is 0 Å². The van der Waals surface area contributed by atoms with Crippen LogP contribution in [0, 0.1) is 0 Å². The second-order valence-electron chi connectivity index (χ2n) is 3.41. The van der Waals surface area contributed by atoms with Crippen molar-refractivity contribution in [1.82, 2.24) is 5.32 Å². The number of nitrogens with one attached hydrogen (secondary N) is 2. The van der Waals surface area contributed by atoms with E-state index < -0.39 is 0 Å². The summed E-state index contributed by atoms with van der Waals surface area (Å²) in [4.78, 5) is 11.5. The van der Waals surface area contributed by atoms with Crippen LogP contribution in [0.4, 0.5) is 10.5 Å². The van der Waals surface area contributed by atoms with Crippen LogP contribution in [-0.2, 0) is 4.74 Å². The van der Waals surface area contributed by atoms with Gasteiger partial charge in [-0.05, 0) is 41.4 Å². The molecular formula is C12H17BrN2O2. The van der Waals surface area contributed by atoms with Crippen molar-refractivity contribution in [2.45, 2.75) is 13.3 Å². The minimum absolute atomic E-state index is 0.201. The molecule has 0 aliphatic carbocycles. The van der Waals surface area contributed by atoms with Crippen LogP contribution in [0.1, 0.15) is 13.3 Å². The van der Waals surface area contributed by atoms with Crippen LogP contribution < -0.4 is 10.6 Å². The third kappa shape index (κ3) is 5.70. The molecule has 0 heterocycles. The van der Waals surface area contributed by atoms with Crippen molar-refractivity contribution < 1.29 is 9.53 Å². The van der Waals surface area contributed by atoms with Crippen LogP contribution >= 0.6 is 15.9 Å². The molecule has 0 aliphatic rings. The molecule has 1 aromatic carbocycles. The lowest BCUT2D eigenvalue weighted by Gasteiger charge is -2.08. The van der Waals surface area contributed by atoms with E-state index in [0.29, 0.717) is 19.8 Å². The minimum Gasteiger partial charge on any atom is -0.382 e. The fourth-order valence-corrected chi connectivity index (χ4v) is 1.63. The highest BCUT2D eigenvalue weighted by Gasteiger charge is 2.03. The number of benzene rings is 1. The van der Waals surface area contributed by atoms with E-state index in [1.807, 2.05) is 31.2 Å². The maximum Gasteiger partial charge on any atom is 0.319 e. The summed E-state index contributed by atoms with van der Waals surface area (Å²) in [6.07, 6.45) is 0.817. The Morgan fingerprint density at radius 1 is 1.41 bits per heavy atom. The number of rotatable bonds is 6. The molecule has 17 heavy (non-hydrogen) atoms. The summed E-state index contributed by atoms with van der Waals surface area (Å²) in [6, 6.07) is 7.28. The lowest BCUT2D eigenvalue weighted by molar-refractivity contribution is 0.145. The Kier molecular flexibility index (Phi) is 6.65. The molecule has 0 radical (unpaired) electrons. The van der Waals surface area contributed by atoms with E-state index >= 15 is 0 Å². The Hall–Kier alpha value is -1.07. The van der Waals surface area contributed by atoms with Gasteiger partial charge in [0.05, 0.1) is 5.69 Å². The highest BCUT2D eigenvalue weighted by atomic mass is 79.9. The van der Waals surface area contributed by atoms with Crippen LogP contribution in [-0.4, -0.2) is 25.8 Å². The molecule has 5 heteroatoms. The zero-order chi connectivity index (χ0) is 12.5. The number of amides is 2. The van der Waals surface area contributed by atoms with E-state index in [9.17, 15) is 4.79 Å². The Balaban J connectivity index is 2.23. The fourth-order valence-electron chi connectivity index (χ4n) is 1.25. The van der Waals surface area contributed by atoms with Crippen molar-refractivity contribution >= 4 is 27.6 Å². The van der Waals surface area contributed by atoms with E-state index in [2.05, 4.69) is 26.6 Å². The van der Waals surface area contributed by atoms with Crippen LogP contribution in [0.25, 0.3) is 0 Å². The molecule has 1 rings (SSSR count). The SMILES string of the molecule is CCOCCCNC(=O)Nc1ccccc1Br. The molecule has 0 saturated carbocycles. The maximum atomic E-state index is 11.5. The number of para-hydroxylation sites is 1. The molecule has 0 saturated heterocycles. The molecule has 0 spiro atoms. The lowest BCUT2D eigenvalue weighted by Crippen LogP contribution is -2.30. The average molecular weight is 301 g/mol. The number of carbonyl (C=O) groups excluding carboxylic acids is 1. The molecule has 0 unspecified atom stereocenters. The second-order valence-corrected chi connectivity index (χ2v) is 4.27. The lowest BCUT2D eigenvalue weighted by atomic mass is 10.3. The Labute approximate surface area is 110 Å². The molecule has 0 fully saturated rings. The smallest absolute Gasteiger partial charge is 0.319 e. The number of halogens is 1. The zero-order valence-electron chi connectivity index (χ0n) is 9.83. The third-order valence-electron chi connectivity index (χ3n) is 2.08. The number of hydrogen-bond acceptors (Lipinski definition) is 2. The van der Waals surface area contributed by atoms with Gasteiger partial charge in [0.15, 0.2) is 0 Å². The Morgan fingerprint density at radius 3 is 2.88 bits per heavy atom. The topological polar surface area (TPSA) is 50.4 Å². The second kappa shape index (κ2) is 8.08. The number of hydrogen-bond donors (Lipinski definition) is 2. The highest BCUT2D eigenvalue weighted by molar-refractivity contribution is 9.10. The molecule has 0 aromatic heterocycles. The Bertz CT molecular complexity index is 358. The monoisotopic (exact) mass is 300 g/mol. The number of carbonyl (C=O) groups is 1. The summed E-state index contributed by atoms with van der Waals surface area (Å²) < 4.78 is 6.04. The summed E-state index contributed by atoms with van der Waals surface area (Å²) >= 11 is 3.36. The summed E-state index contributed by atoms with van der Waals surface area (Å²) in [5.41, 5.74) is 0.759. The van der Waals surface area contributed by atoms with Gasteiger partial charge in [-0.1, -0.05) is 12.1 Å². The highest BCUT2D eigenvalue weighted by Crippen LogP contribution is 2.20. The summed E-state index contributed by atoms with van der Waals surface area (Å²) in [7, 11) is 0. The zero-order valence-corrected chi connectivity index (χ0v) is 11.4. The first-order valence-electron chi connectivity index (χ1n) is 5.61. The molecule has 94 valence electrons.